The first-order chi connectivity index (χ1) is 12.8. The summed E-state index contributed by atoms with van der Waals surface area (Å²) in [6.45, 7) is 1.88. The molecule has 3 rings (SSSR count). The summed E-state index contributed by atoms with van der Waals surface area (Å²) in [5.74, 6) is 0.492. The third-order valence-electron chi connectivity index (χ3n) is 4.18. The second-order valence-corrected chi connectivity index (χ2v) is 8.97. The highest BCUT2D eigenvalue weighted by molar-refractivity contribution is 8.04. The smallest absolute Gasteiger partial charge is 0.257 e. The van der Waals surface area contributed by atoms with Gasteiger partial charge in [-0.3, -0.25) is 4.34 Å². The number of halogens is 2. The number of methoxy groups -OCH3 is 1. The van der Waals surface area contributed by atoms with E-state index in [0.717, 1.165) is 10.9 Å². The molecule has 3 aromatic rings. The monoisotopic (exact) mass is 438 g/mol. The van der Waals surface area contributed by atoms with Crippen molar-refractivity contribution < 1.29 is 13.2 Å². The summed E-state index contributed by atoms with van der Waals surface area (Å²) in [5.41, 5.74) is 3.38. The van der Waals surface area contributed by atoms with Crippen LogP contribution in [0.4, 0.5) is 0 Å². The van der Waals surface area contributed by atoms with Gasteiger partial charge in [0.25, 0.3) is 9.88 Å². The van der Waals surface area contributed by atoms with Crippen molar-refractivity contribution in [1.82, 2.24) is 4.34 Å². The van der Waals surface area contributed by atoms with E-state index in [1.807, 2.05) is 13.0 Å². The molecule has 0 bridgehead atoms. The zero-order valence-corrected chi connectivity index (χ0v) is 17.5. The Morgan fingerprint density at radius 3 is 2.63 bits per heavy atom. The molecule has 1 heterocycles. The first-order valence-electron chi connectivity index (χ1n) is 7.73. The Morgan fingerprint density at radius 1 is 1.26 bits per heavy atom. The molecular weight excluding hydrogens is 426 g/mol. The third kappa shape index (κ3) is 3.83. The summed E-state index contributed by atoms with van der Waals surface area (Å²) >= 11 is 12.7. The lowest BCUT2D eigenvalue weighted by Gasteiger charge is -2.11. The molecule has 138 valence electrons. The van der Waals surface area contributed by atoms with Crippen molar-refractivity contribution in [3.8, 4) is 11.8 Å². The van der Waals surface area contributed by atoms with Gasteiger partial charge < -0.3 is 4.74 Å². The zero-order chi connectivity index (χ0) is 19.7. The van der Waals surface area contributed by atoms with Gasteiger partial charge in [-0.05, 0) is 48.4 Å². The molecular formula is C18H13Cl2N2O3PS. The molecule has 0 saturated heterocycles. The molecule has 0 aliphatic heterocycles. The second kappa shape index (κ2) is 7.92. The number of hydrogen-bond acceptors (Lipinski definition) is 4. The van der Waals surface area contributed by atoms with Crippen LogP contribution in [-0.2, 0) is 16.3 Å². The fraction of sp³-hybridized carbons (Fsp3) is 0.167. The molecule has 0 atom stereocenters. The van der Waals surface area contributed by atoms with Crippen molar-refractivity contribution in [3.05, 3.63) is 62.8 Å². The lowest BCUT2D eigenvalue weighted by atomic mass is 10.1. The van der Waals surface area contributed by atoms with E-state index in [0.29, 0.717) is 44.6 Å². The minimum absolute atomic E-state index is 0.0590. The molecule has 1 aromatic heterocycles. The van der Waals surface area contributed by atoms with Gasteiger partial charge >= 0.3 is 0 Å². The molecule has 0 aliphatic carbocycles. The first kappa shape index (κ1) is 19.7. The highest BCUT2D eigenvalue weighted by Crippen LogP contribution is 2.37. The van der Waals surface area contributed by atoms with Crippen molar-refractivity contribution in [2.75, 3.05) is 7.11 Å². The van der Waals surface area contributed by atoms with Crippen molar-refractivity contribution in [1.29, 1.82) is 5.26 Å². The van der Waals surface area contributed by atoms with Gasteiger partial charge in [-0.1, -0.05) is 23.2 Å². The van der Waals surface area contributed by atoms with Gasteiger partial charge in [0.1, 0.15) is 5.75 Å². The second-order valence-electron chi connectivity index (χ2n) is 5.80. The Labute approximate surface area is 169 Å². The topological polar surface area (TPSA) is 72.1 Å². The van der Waals surface area contributed by atoms with E-state index in [4.69, 9.17) is 27.9 Å². The molecule has 2 aromatic carbocycles. The number of nitriles is 1. The van der Waals surface area contributed by atoms with Gasteiger partial charge in [-0.2, -0.15) is 13.7 Å². The van der Waals surface area contributed by atoms with Gasteiger partial charge in [0.15, 0.2) is 7.51 Å². The molecule has 0 saturated carbocycles. The van der Waals surface area contributed by atoms with E-state index in [-0.39, 0.29) is 7.51 Å². The van der Waals surface area contributed by atoms with Gasteiger partial charge in [-0.15, -0.1) is 0 Å². The van der Waals surface area contributed by atoms with Crippen molar-refractivity contribution in [2.24, 2.45) is 0 Å². The summed E-state index contributed by atoms with van der Waals surface area (Å²) in [6, 6.07) is 10.8. The molecule has 0 spiro atoms. The number of fused-ring (bicyclic) bond motifs is 1. The fourth-order valence-electron chi connectivity index (χ4n) is 2.96. The van der Waals surface area contributed by atoms with Gasteiger partial charge in [0, 0.05) is 22.5 Å². The van der Waals surface area contributed by atoms with Crippen LogP contribution in [-0.4, -0.2) is 19.9 Å². The standard InChI is InChI=1S/C18H13Cl2N2O3PS/c1-10-5-11(9-21)6-16-13(10)7-12(22(16)26-27(23)24)8-14-15(19)3-4-17(25-2)18(14)20/h3-7H,8H2,1-2H3. The van der Waals surface area contributed by atoms with Gasteiger partial charge in [0.2, 0.25) is 0 Å². The molecule has 9 heteroatoms. The number of ether oxygens (including phenoxy) is 1. The Balaban J connectivity index is 2.28. The maximum atomic E-state index is 11.4. The molecule has 0 radical (unpaired) electrons. The molecule has 0 N–H and O–H groups in total. The van der Waals surface area contributed by atoms with E-state index in [2.05, 4.69) is 6.07 Å². The minimum atomic E-state index is -2.34. The SMILES string of the molecule is COc1ccc(Cl)c(Cc2cc3c(C)cc(C#N)cc3n2P=S(=O)=O)c1Cl. The Bertz CT molecular complexity index is 1240. The third-order valence-corrected chi connectivity index (χ3v) is 6.61. The molecule has 0 unspecified atom stereocenters. The van der Waals surface area contributed by atoms with Crippen LogP contribution in [0, 0.1) is 18.3 Å². The largest absolute Gasteiger partial charge is 0.495 e. The van der Waals surface area contributed by atoms with Crippen LogP contribution in [0.5, 0.6) is 5.75 Å². The number of rotatable bonds is 4. The van der Waals surface area contributed by atoms with E-state index >= 15 is 0 Å². The van der Waals surface area contributed by atoms with Crippen molar-refractivity contribution in [2.45, 2.75) is 13.3 Å². The maximum absolute atomic E-state index is 11.4. The average molecular weight is 439 g/mol. The van der Waals surface area contributed by atoms with Crippen molar-refractivity contribution >= 4 is 51.5 Å². The molecule has 0 amide bonds. The maximum Gasteiger partial charge on any atom is 0.257 e. The van der Waals surface area contributed by atoms with Gasteiger partial charge in [-0.25, -0.2) is 0 Å². The lowest BCUT2D eigenvalue weighted by molar-refractivity contribution is 0.414. The number of nitrogens with zero attached hydrogens (tertiary/aromatic N) is 2. The average Bonchev–Trinajstić information content (AvgIpc) is 2.96. The van der Waals surface area contributed by atoms with Crippen LogP contribution in [0.3, 0.4) is 0 Å². The minimum Gasteiger partial charge on any atom is -0.495 e. The molecule has 0 aliphatic rings. The Hall–Kier alpha value is -2.03. The summed E-state index contributed by atoms with van der Waals surface area (Å²) in [5, 5.41) is 11.0. The predicted molar refractivity (Wildman–Crippen MR) is 108 cm³/mol. The summed E-state index contributed by atoms with van der Waals surface area (Å²) < 4.78 is 29.7. The van der Waals surface area contributed by atoms with Crippen LogP contribution in [0.15, 0.2) is 30.3 Å². The van der Waals surface area contributed by atoms with Crippen LogP contribution in [0.25, 0.3) is 10.9 Å². The van der Waals surface area contributed by atoms with E-state index in [1.54, 1.807) is 28.6 Å². The highest BCUT2D eigenvalue weighted by atomic mass is 35.5. The summed E-state index contributed by atoms with van der Waals surface area (Å²) in [4.78, 5) is 0. The number of aryl methyl sites for hydroxylation is 1. The molecule has 27 heavy (non-hydrogen) atoms. The Kier molecular flexibility index (Phi) is 5.78. The van der Waals surface area contributed by atoms with E-state index in [9.17, 15) is 13.7 Å². The number of benzene rings is 2. The quantitative estimate of drug-likeness (QED) is 0.522. The van der Waals surface area contributed by atoms with Crippen LogP contribution < -0.4 is 4.74 Å². The number of hydrogen-bond donors (Lipinski definition) is 0. The van der Waals surface area contributed by atoms with E-state index < -0.39 is 9.88 Å². The van der Waals surface area contributed by atoms with Crippen LogP contribution in [0.1, 0.15) is 22.4 Å². The van der Waals surface area contributed by atoms with Gasteiger partial charge in [0.05, 0.1) is 29.3 Å². The zero-order valence-electron chi connectivity index (χ0n) is 14.3. The number of aromatic nitrogens is 1. The Morgan fingerprint density at radius 2 is 2.00 bits per heavy atom. The lowest BCUT2D eigenvalue weighted by Crippen LogP contribution is -1.97. The highest BCUT2D eigenvalue weighted by Gasteiger charge is 2.17. The van der Waals surface area contributed by atoms with Crippen LogP contribution in [0.2, 0.25) is 10.0 Å². The molecule has 5 nitrogen and oxygen atoms in total. The molecule has 0 fully saturated rings. The van der Waals surface area contributed by atoms with E-state index in [1.165, 1.54) is 7.11 Å². The summed E-state index contributed by atoms with van der Waals surface area (Å²) in [7, 11) is -0.765. The normalized spacial score (nSPS) is 10.9. The first-order valence-corrected chi connectivity index (χ1v) is 11.0. The van der Waals surface area contributed by atoms with Crippen molar-refractivity contribution in [3.63, 3.8) is 0 Å². The van der Waals surface area contributed by atoms with Crippen LogP contribution >= 0.6 is 30.7 Å². The fourth-order valence-corrected chi connectivity index (χ4v) is 5.14. The summed E-state index contributed by atoms with van der Waals surface area (Å²) in [6.07, 6.45) is 0.315. The predicted octanol–water partition coefficient (Wildman–Crippen LogP) is 5.23.